The van der Waals surface area contributed by atoms with Crippen molar-refractivity contribution in [3.05, 3.63) is 0 Å². The average molecular weight is 739 g/mol. The minimum Gasteiger partial charge on any atom is -0.465 e. The molecule has 0 aliphatic carbocycles. The lowest BCUT2D eigenvalue weighted by molar-refractivity contribution is -0.149. The first kappa shape index (κ1) is 50.7. The van der Waals surface area contributed by atoms with E-state index in [1.165, 1.54) is 103 Å². The quantitative estimate of drug-likeness (QED) is 0.0497. The Morgan fingerprint density at radius 1 is 0.442 bits per heavy atom. The van der Waals surface area contributed by atoms with Crippen LogP contribution in [-0.2, 0) is 14.3 Å². The van der Waals surface area contributed by atoms with E-state index in [9.17, 15) is 14.7 Å². The van der Waals surface area contributed by atoms with Gasteiger partial charge in [0, 0.05) is 19.6 Å². The second-order valence-corrected chi connectivity index (χ2v) is 15.6. The van der Waals surface area contributed by atoms with Gasteiger partial charge in [-0.25, -0.2) is 4.79 Å². The molecule has 7 nitrogen and oxygen atoms in total. The van der Waals surface area contributed by atoms with E-state index in [1.54, 1.807) is 0 Å². The Hall–Kier alpha value is -1.34. The highest BCUT2D eigenvalue weighted by Crippen LogP contribution is 2.21. The van der Waals surface area contributed by atoms with Gasteiger partial charge in [-0.3, -0.25) is 4.79 Å². The number of ether oxygens (including phenoxy) is 2. The molecule has 52 heavy (non-hydrogen) atoms. The molecule has 0 aliphatic rings. The molecule has 1 N–H and O–H groups in total. The predicted molar refractivity (Wildman–Crippen MR) is 222 cm³/mol. The number of aliphatic hydroxyl groups is 1. The molecular weight excluding hydrogens is 649 g/mol. The fourth-order valence-corrected chi connectivity index (χ4v) is 7.08. The van der Waals surface area contributed by atoms with Crippen LogP contribution in [0.5, 0.6) is 0 Å². The lowest BCUT2D eigenvalue weighted by Crippen LogP contribution is -2.33. The summed E-state index contributed by atoms with van der Waals surface area (Å²) in [6.45, 7) is 14.6. The molecule has 1 atom stereocenters. The predicted octanol–water partition coefficient (Wildman–Crippen LogP) is 12.7. The van der Waals surface area contributed by atoms with Crippen LogP contribution >= 0.6 is 0 Å². The molecule has 0 saturated heterocycles. The Labute approximate surface area is 324 Å². The van der Waals surface area contributed by atoms with E-state index < -0.39 is 0 Å². The van der Waals surface area contributed by atoms with Crippen LogP contribution in [0.3, 0.4) is 0 Å². The van der Waals surface area contributed by atoms with Crippen molar-refractivity contribution >= 4 is 12.1 Å². The number of esters is 1. The van der Waals surface area contributed by atoms with E-state index >= 15 is 0 Å². The van der Waals surface area contributed by atoms with Crippen molar-refractivity contribution in [2.45, 2.75) is 220 Å². The molecular formula is C45H90N2O5. The third-order valence-corrected chi connectivity index (χ3v) is 10.6. The van der Waals surface area contributed by atoms with Crippen molar-refractivity contribution in [3.8, 4) is 0 Å². The van der Waals surface area contributed by atoms with Gasteiger partial charge in [-0.2, -0.15) is 0 Å². The highest BCUT2D eigenvalue weighted by Gasteiger charge is 2.19. The molecule has 0 saturated carbocycles. The maximum absolute atomic E-state index is 12.9. The van der Waals surface area contributed by atoms with Gasteiger partial charge < -0.3 is 24.4 Å². The number of hydrogen-bond acceptors (Lipinski definition) is 6. The Bertz CT molecular complexity index is 693. The molecule has 310 valence electrons. The maximum atomic E-state index is 12.9. The first-order valence-corrected chi connectivity index (χ1v) is 22.9. The zero-order chi connectivity index (χ0) is 38.2. The molecule has 0 fully saturated rings. The van der Waals surface area contributed by atoms with Gasteiger partial charge in [0.15, 0.2) is 0 Å². The number of nitrogens with zero attached hydrogens (tertiary/aromatic N) is 2. The molecule has 0 rings (SSSR count). The summed E-state index contributed by atoms with van der Waals surface area (Å²) in [6.07, 6.45) is 34.8. The van der Waals surface area contributed by atoms with E-state index in [0.717, 1.165) is 123 Å². The molecule has 0 spiro atoms. The molecule has 7 heteroatoms. The highest BCUT2D eigenvalue weighted by molar-refractivity contribution is 5.72. The van der Waals surface area contributed by atoms with Crippen molar-refractivity contribution < 1.29 is 24.2 Å². The highest BCUT2D eigenvalue weighted by atomic mass is 16.6. The van der Waals surface area contributed by atoms with Crippen LogP contribution in [-0.4, -0.2) is 79.5 Å². The molecule has 0 radical (unpaired) electrons. The number of amides is 1. The van der Waals surface area contributed by atoms with E-state index in [-0.39, 0.29) is 24.6 Å². The smallest absolute Gasteiger partial charge is 0.409 e. The van der Waals surface area contributed by atoms with Crippen LogP contribution in [0.2, 0.25) is 0 Å². The molecule has 0 aromatic carbocycles. The van der Waals surface area contributed by atoms with Gasteiger partial charge in [-0.05, 0) is 64.5 Å². The van der Waals surface area contributed by atoms with Crippen LogP contribution < -0.4 is 0 Å². The molecule has 0 aliphatic heterocycles. The van der Waals surface area contributed by atoms with Crippen molar-refractivity contribution in [1.29, 1.82) is 0 Å². The Morgan fingerprint density at radius 2 is 0.808 bits per heavy atom. The minimum atomic E-state index is -0.122. The summed E-state index contributed by atoms with van der Waals surface area (Å²) in [6, 6.07) is 0. The van der Waals surface area contributed by atoms with Crippen LogP contribution in [0.25, 0.3) is 0 Å². The number of rotatable bonds is 41. The summed E-state index contributed by atoms with van der Waals surface area (Å²) < 4.78 is 11.5. The van der Waals surface area contributed by atoms with Gasteiger partial charge in [-0.1, -0.05) is 169 Å². The Balaban J connectivity index is 4.20. The topological polar surface area (TPSA) is 79.3 Å². The van der Waals surface area contributed by atoms with Crippen LogP contribution in [0.1, 0.15) is 220 Å². The number of carbonyl (C=O) groups is 2. The molecule has 0 bridgehead atoms. The normalized spacial score (nSPS) is 12.0. The first-order valence-electron chi connectivity index (χ1n) is 22.9. The average Bonchev–Trinajstić information content (AvgIpc) is 3.14. The van der Waals surface area contributed by atoms with E-state index in [1.807, 2.05) is 4.90 Å². The lowest BCUT2D eigenvalue weighted by Gasteiger charge is -2.22. The zero-order valence-electron chi connectivity index (χ0n) is 35.4. The van der Waals surface area contributed by atoms with E-state index in [4.69, 9.17) is 9.47 Å². The van der Waals surface area contributed by atoms with Gasteiger partial charge in [0.25, 0.3) is 0 Å². The number of aliphatic hydroxyl groups excluding tert-OH is 1. The van der Waals surface area contributed by atoms with Crippen molar-refractivity contribution in [1.82, 2.24) is 9.80 Å². The third kappa shape index (κ3) is 33.2. The third-order valence-electron chi connectivity index (χ3n) is 10.6. The van der Waals surface area contributed by atoms with E-state index in [0.29, 0.717) is 13.2 Å². The number of unbranched alkanes of at least 4 members (excludes halogenated alkanes) is 22. The first-order chi connectivity index (χ1) is 25.5. The SMILES string of the molecule is CCCCCCCCC(CCCCCC)C(=O)OCCCCCCN(CCO)CCCCCCOC(=O)N(CCCCCC)CCCCCCCC. The summed E-state index contributed by atoms with van der Waals surface area (Å²) in [5.41, 5.74) is 0. The molecule has 1 amide bonds. The van der Waals surface area contributed by atoms with Crippen molar-refractivity contribution in [3.63, 3.8) is 0 Å². The van der Waals surface area contributed by atoms with Gasteiger partial charge >= 0.3 is 12.1 Å². The van der Waals surface area contributed by atoms with Gasteiger partial charge in [-0.15, -0.1) is 0 Å². The number of hydrogen-bond donors (Lipinski definition) is 1. The lowest BCUT2D eigenvalue weighted by atomic mass is 9.94. The zero-order valence-corrected chi connectivity index (χ0v) is 35.4. The van der Waals surface area contributed by atoms with Gasteiger partial charge in [0.05, 0.1) is 25.7 Å². The number of carbonyl (C=O) groups excluding carboxylic acids is 2. The monoisotopic (exact) mass is 739 g/mol. The largest absolute Gasteiger partial charge is 0.465 e. The summed E-state index contributed by atoms with van der Waals surface area (Å²) in [5, 5.41) is 9.60. The van der Waals surface area contributed by atoms with Crippen molar-refractivity contribution in [2.24, 2.45) is 5.92 Å². The Morgan fingerprint density at radius 3 is 1.29 bits per heavy atom. The van der Waals surface area contributed by atoms with E-state index in [2.05, 4.69) is 32.6 Å². The molecule has 0 heterocycles. The van der Waals surface area contributed by atoms with Crippen LogP contribution in [0, 0.1) is 5.92 Å². The molecule has 1 unspecified atom stereocenters. The molecule has 0 aromatic heterocycles. The standard InChI is InChI=1S/C45H90N2O5/c1-5-9-13-17-19-26-34-43(33-25-15-11-7-3)44(49)51-41-31-23-21-27-35-46(39-40-48)36-28-22-24-32-42-52-45(50)47(37-29-16-12-8-4)38-30-20-18-14-10-6-2/h43,48H,5-42H2,1-4H3. The molecule has 0 aromatic rings. The fourth-order valence-electron chi connectivity index (χ4n) is 7.08. The summed E-state index contributed by atoms with van der Waals surface area (Å²) >= 11 is 0. The Kier molecular flexibility index (Phi) is 39.8. The van der Waals surface area contributed by atoms with Crippen molar-refractivity contribution in [2.75, 3.05) is 52.5 Å². The second kappa shape index (κ2) is 40.8. The van der Waals surface area contributed by atoms with Crippen LogP contribution in [0.15, 0.2) is 0 Å². The summed E-state index contributed by atoms with van der Waals surface area (Å²) in [4.78, 5) is 30.1. The van der Waals surface area contributed by atoms with Crippen LogP contribution in [0.4, 0.5) is 4.79 Å². The minimum absolute atomic E-state index is 0.0422. The van der Waals surface area contributed by atoms with Gasteiger partial charge in [0.1, 0.15) is 0 Å². The summed E-state index contributed by atoms with van der Waals surface area (Å²) in [7, 11) is 0. The second-order valence-electron chi connectivity index (χ2n) is 15.6. The summed E-state index contributed by atoms with van der Waals surface area (Å²) in [5.74, 6) is 0.126. The van der Waals surface area contributed by atoms with Gasteiger partial charge in [0.2, 0.25) is 0 Å². The fraction of sp³-hybridized carbons (Fsp3) is 0.956. The maximum Gasteiger partial charge on any atom is 0.409 e.